The van der Waals surface area contributed by atoms with Crippen molar-refractivity contribution in [1.29, 1.82) is 5.26 Å². The van der Waals surface area contributed by atoms with Gasteiger partial charge in [-0.2, -0.15) is 5.26 Å². The Morgan fingerprint density at radius 3 is 2.36 bits per heavy atom. The molecule has 1 amide bonds. The number of methoxy groups -OCH3 is 2. The third-order valence-electron chi connectivity index (χ3n) is 4.59. The molecule has 0 unspecified atom stereocenters. The Morgan fingerprint density at radius 2 is 1.73 bits per heavy atom. The number of hydrogen-bond acceptors (Lipinski definition) is 5. The highest BCUT2D eigenvalue weighted by Crippen LogP contribution is 2.30. The maximum Gasteiger partial charge on any atom is 0.266 e. The van der Waals surface area contributed by atoms with Crippen LogP contribution in [0.2, 0.25) is 10.0 Å². The summed E-state index contributed by atoms with van der Waals surface area (Å²) in [6.07, 6.45) is 1.48. The van der Waals surface area contributed by atoms with E-state index in [0.29, 0.717) is 38.5 Å². The molecule has 168 valence electrons. The lowest BCUT2D eigenvalue weighted by Crippen LogP contribution is -2.13. The number of halogens is 2. The van der Waals surface area contributed by atoms with Gasteiger partial charge in [-0.25, -0.2) is 0 Å². The Hall–Kier alpha value is -3.66. The van der Waals surface area contributed by atoms with Crippen LogP contribution in [0.5, 0.6) is 17.2 Å². The minimum atomic E-state index is -0.526. The zero-order valence-electron chi connectivity index (χ0n) is 17.9. The first kappa shape index (κ1) is 24.0. The number of benzene rings is 3. The molecule has 33 heavy (non-hydrogen) atoms. The van der Waals surface area contributed by atoms with E-state index in [1.165, 1.54) is 13.2 Å². The number of carbonyl (C=O) groups is 1. The lowest BCUT2D eigenvalue weighted by Gasteiger charge is -2.12. The molecular weight excluding hydrogens is 463 g/mol. The molecule has 0 heterocycles. The minimum Gasteiger partial charge on any atom is -0.497 e. The molecule has 0 fully saturated rings. The largest absolute Gasteiger partial charge is 0.497 e. The van der Waals surface area contributed by atoms with Crippen LogP contribution in [-0.2, 0) is 11.4 Å². The molecule has 3 aromatic carbocycles. The summed E-state index contributed by atoms with van der Waals surface area (Å²) in [6, 6.07) is 19.1. The maximum atomic E-state index is 12.5. The average molecular weight is 483 g/mol. The van der Waals surface area contributed by atoms with Crippen molar-refractivity contribution in [3.63, 3.8) is 0 Å². The van der Waals surface area contributed by atoms with E-state index in [2.05, 4.69) is 5.32 Å². The van der Waals surface area contributed by atoms with Crippen LogP contribution in [-0.4, -0.2) is 20.1 Å². The molecule has 8 heteroatoms. The van der Waals surface area contributed by atoms with E-state index in [9.17, 15) is 10.1 Å². The topological polar surface area (TPSA) is 80.6 Å². The second kappa shape index (κ2) is 11.3. The zero-order valence-corrected chi connectivity index (χ0v) is 19.4. The van der Waals surface area contributed by atoms with Crippen molar-refractivity contribution in [2.45, 2.75) is 6.61 Å². The molecule has 0 aromatic heterocycles. The van der Waals surface area contributed by atoms with Gasteiger partial charge in [-0.3, -0.25) is 4.79 Å². The zero-order chi connectivity index (χ0) is 23.8. The molecule has 0 saturated carbocycles. The first-order valence-corrected chi connectivity index (χ1v) is 10.5. The Labute approximate surface area is 201 Å². The summed E-state index contributed by atoms with van der Waals surface area (Å²) in [4.78, 5) is 12.5. The quantitative estimate of drug-likeness (QED) is 0.308. The first-order chi connectivity index (χ1) is 15.9. The fourth-order valence-electron chi connectivity index (χ4n) is 2.87. The molecule has 0 aliphatic carbocycles. The van der Waals surface area contributed by atoms with Gasteiger partial charge in [0.15, 0.2) is 11.5 Å². The van der Waals surface area contributed by atoms with Crippen LogP contribution in [0.15, 0.2) is 66.2 Å². The molecule has 1 N–H and O–H groups in total. The fraction of sp³-hybridized carbons (Fsp3) is 0.120. The van der Waals surface area contributed by atoms with Gasteiger partial charge in [0.05, 0.1) is 24.3 Å². The summed E-state index contributed by atoms with van der Waals surface area (Å²) >= 11 is 12.0. The first-order valence-electron chi connectivity index (χ1n) is 9.75. The number of anilines is 1. The molecule has 3 aromatic rings. The Balaban J connectivity index is 1.73. The normalized spacial score (nSPS) is 10.8. The predicted octanol–water partition coefficient (Wildman–Crippen LogP) is 6.14. The van der Waals surface area contributed by atoms with Gasteiger partial charge in [-0.15, -0.1) is 0 Å². The van der Waals surface area contributed by atoms with Gasteiger partial charge in [0.25, 0.3) is 5.91 Å². The average Bonchev–Trinajstić information content (AvgIpc) is 2.83. The molecule has 0 spiro atoms. The molecule has 0 aliphatic heterocycles. The van der Waals surface area contributed by atoms with Crippen LogP contribution in [0.3, 0.4) is 0 Å². The minimum absolute atomic E-state index is 0.0580. The molecule has 0 saturated heterocycles. The number of carbonyl (C=O) groups excluding carboxylic acids is 1. The highest BCUT2D eigenvalue weighted by atomic mass is 35.5. The summed E-state index contributed by atoms with van der Waals surface area (Å²) in [5, 5.41) is 13.1. The van der Waals surface area contributed by atoms with Gasteiger partial charge in [0, 0.05) is 5.69 Å². The highest BCUT2D eigenvalue weighted by Gasteiger charge is 2.12. The van der Waals surface area contributed by atoms with Crippen molar-refractivity contribution in [1.82, 2.24) is 0 Å². The van der Waals surface area contributed by atoms with Crippen molar-refractivity contribution in [3.05, 3.63) is 87.4 Å². The second-order valence-corrected chi connectivity index (χ2v) is 7.61. The highest BCUT2D eigenvalue weighted by molar-refractivity contribution is 6.42. The third-order valence-corrected chi connectivity index (χ3v) is 5.33. The molecular formula is C25H20Cl2N2O4. The van der Waals surface area contributed by atoms with Crippen LogP contribution >= 0.6 is 23.2 Å². The molecule has 3 rings (SSSR count). The van der Waals surface area contributed by atoms with E-state index in [1.807, 2.05) is 12.1 Å². The fourth-order valence-corrected chi connectivity index (χ4v) is 3.19. The smallest absolute Gasteiger partial charge is 0.266 e. The van der Waals surface area contributed by atoms with E-state index < -0.39 is 5.91 Å². The molecule has 0 bridgehead atoms. The van der Waals surface area contributed by atoms with Crippen molar-refractivity contribution in [3.8, 4) is 23.3 Å². The molecule has 0 aliphatic rings. The van der Waals surface area contributed by atoms with Crippen LogP contribution in [0.25, 0.3) is 6.08 Å². The molecule has 0 atom stereocenters. The lowest BCUT2D eigenvalue weighted by atomic mass is 10.1. The molecule has 0 radical (unpaired) electrons. The maximum absolute atomic E-state index is 12.5. The van der Waals surface area contributed by atoms with Crippen LogP contribution in [0, 0.1) is 11.3 Å². The predicted molar refractivity (Wildman–Crippen MR) is 129 cm³/mol. The third kappa shape index (κ3) is 6.42. The van der Waals surface area contributed by atoms with E-state index in [-0.39, 0.29) is 12.2 Å². The number of nitrogens with zero attached hydrogens (tertiary/aromatic N) is 1. The monoisotopic (exact) mass is 482 g/mol. The summed E-state index contributed by atoms with van der Waals surface area (Å²) in [7, 11) is 3.07. The van der Waals surface area contributed by atoms with Crippen LogP contribution < -0.4 is 19.5 Å². The van der Waals surface area contributed by atoms with E-state index in [4.69, 9.17) is 37.4 Å². The number of amides is 1. The number of nitriles is 1. The SMILES string of the molecule is COc1ccc(NC(=O)C(C#N)=Cc2ccc(OCc3ccc(Cl)c(Cl)c3)c(OC)c2)cc1. The summed E-state index contributed by atoms with van der Waals surface area (Å²) < 4.78 is 16.3. The van der Waals surface area contributed by atoms with Gasteiger partial charge >= 0.3 is 0 Å². The lowest BCUT2D eigenvalue weighted by molar-refractivity contribution is -0.112. The van der Waals surface area contributed by atoms with Crippen molar-refractivity contribution >= 4 is 40.9 Å². The Kier molecular flexibility index (Phi) is 8.20. The molecule has 6 nitrogen and oxygen atoms in total. The number of ether oxygens (including phenoxy) is 3. The Morgan fingerprint density at radius 1 is 0.970 bits per heavy atom. The number of rotatable bonds is 8. The van der Waals surface area contributed by atoms with Crippen molar-refractivity contribution in [2.75, 3.05) is 19.5 Å². The van der Waals surface area contributed by atoms with Gasteiger partial charge in [0.2, 0.25) is 0 Å². The van der Waals surface area contributed by atoms with Crippen molar-refractivity contribution < 1.29 is 19.0 Å². The van der Waals surface area contributed by atoms with Gasteiger partial charge in [-0.05, 0) is 65.7 Å². The Bertz CT molecular complexity index is 1220. The summed E-state index contributed by atoms with van der Waals surface area (Å²) in [6.45, 7) is 0.260. The summed E-state index contributed by atoms with van der Waals surface area (Å²) in [5.74, 6) is 1.10. The standard InChI is InChI=1S/C25H20Cl2N2O4/c1-31-20-7-5-19(6-8-20)29-25(30)18(14-28)11-16-4-10-23(24(13-16)32-2)33-15-17-3-9-21(26)22(27)12-17/h3-13H,15H2,1-2H3,(H,29,30). The van der Waals surface area contributed by atoms with E-state index in [0.717, 1.165) is 5.56 Å². The number of nitrogens with one attached hydrogen (secondary N) is 1. The number of hydrogen-bond donors (Lipinski definition) is 1. The van der Waals surface area contributed by atoms with Crippen LogP contribution in [0.1, 0.15) is 11.1 Å². The van der Waals surface area contributed by atoms with E-state index >= 15 is 0 Å². The van der Waals surface area contributed by atoms with E-state index in [1.54, 1.807) is 61.7 Å². The second-order valence-electron chi connectivity index (χ2n) is 6.80. The summed E-state index contributed by atoms with van der Waals surface area (Å²) in [5.41, 5.74) is 1.94. The van der Waals surface area contributed by atoms with Crippen LogP contribution in [0.4, 0.5) is 5.69 Å². The van der Waals surface area contributed by atoms with Gasteiger partial charge in [0.1, 0.15) is 24.0 Å². The van der Waals surface area contributed by atoms with Gasteiger partial charge in [-0.1, -0.05) is 35.3 Å². The van der Waals surface area contributed by atoms with Gasteiger partial charge < -0.3 is 19.5 Å². The van der Waals surface area contributed by atoms with Crippen molar-refractivity contribution in [2.24, 2.45) is 0 Å².